The summed E-state index contributed by atoms with van der Waals surface area (Å²) < 4.78 is 4.59. The summed E-state index contributed by atoms with van der Waals surface area (Å²) in [4.78, 5) is 33.4. The molecular formula is C16H19N3O3. The number of H-pyrrole nitrogens is 1. The average Bonchev–Trinajstić information content (AvgIpc) is 2.98. The van der Waals surface area contributed by atoms with Crippen molar-refractivity contribution in [3.05, 3.63) is 30.1 Å². The minimum absolute atomic E-state index is 0.0988. The summed E-state index contributed by atoms with van der Waals surface area (Å²) in [5, 5.41) is 0. The van der Waals surface area contributed by atoms with Gasteiger partial charge in [-0.1, -0.05) is 12.1 Å². The molecule has 2 aromatic rings. The van der Waals surface area contributed by atoms with E-state index in [9.17, 15) is 9.59 Å². The average molecular weight is 301 g/mol. The number of aromatic nitrogens is 2. The number of para-hydroxylation sites is 2. The van der Waals surface area contributed by atoms with Gasteiger partial charge in [-0.25, -0.2) is 4.98 Å². The fraction of sp³-hybridized carbons (Fsp3) is 0.438. The van der Waals surface area contributed by atoms with Crippen LogP contribution in [-0.2, 0) is 14.3 Å². The van der Waals surface area contributed by atoms with Gasteiger partial charge in [0.2, 0.25) is 5.91 Å². The molecule has 0 spiro atoms. The summed E-state index contributed by atoms with van der Waals surface area (Å²) in [5.74, 6) is 0.0926. The molecule has 1 aliphatic heterocycles. The fourth-order valence-corrected chi connectivity index (χ4v) is 2.94. The zero-order chi connectivity index (χ0) is 15.5. The molecule has 2 heterocycles. The second-order valence-corrected chi connectivity index (χ2v) is 5.49. The number of esters is 1. The molecule has 1 N–H and O–H groups in total. The van der Waals surface area contributed by atoms with Gasteiger partial charge in [-0.2, -0.15) is 0 Å². The number of benzene rings is 1. The van der Waals surface area contributed by atoms with Crippen LogP contribution in [0, 0.1) is 0 Å². The van der Waals surface area contributed by atoms with E-state index in [1.807, 2.05) is 24.3 Å². The van der Waals surface area contributed by atoms with Crippen LogP contribution in [0.3, 0.4) is 0 Å². The van der Waals surface area contributed by atoms with Gasteiger partial charge >= 0.3 is 5.97 Å². The smallest absolute Gasteiger partial charge is 0.315 e. The van der Waals surface area contributed by atoms with Gasteiger partial charge < -0.3 is 14.6 Å². The number of nitrogens with zero attached hydrogens (tertiary/aromatic N) is 2. The van der Waals surface area contributed by atoms with E-state index in [0.717, 1.165) is 36.1 Å². The number of nitrogens with one attached hydrogen (secondary N) is 1. The van der Waals surface area contributed by atoms with Gasteiger partial charge in [0.1, 0.15) is 12.2 Å². The second kappa shape index (κ2) is 6.17. The predicted octanol–water partition coefficient (Wildman–Crippen LogP) is 2.18. The molecule has 116 valence electrons. The lowest BCUT2D eigenvalue weighted by atomic mass is 10.0. The molecule has 3 rings (SSSR count). The summed E-state index contributed by atoms with van der Waals surface area (Å²) in [6.07, 6.45) is 2.63. The number of fused-ring (bicyclic) bond motifs is 1. The number of imidazole rings is 1. The minimum Gasteiger partial charge on any atom is -0.469 e. The third-order valence-electron chi connectivity index (χ3n) is 4.07. The van der Waals surface area contributed by atoms with Crippen LogP contribution in [0.1, 0.15) is 37.5 Å². The Bertz CT molecular complexity index is 662. The van der Waals surface area contributed by atoms with E-state index in [0.29, 0.717) is 6.54 Å². The third kappa shape index (κ3) is 2.81. The van der Waals surface area contributed by atoms with Gasteiger partial charge in [0.05, 0.1) is 24.2 Å². The standard InChI is InChI=1S/C16H19N3O3/c1-22-15(21)10-14(20)19-9-5-4-8-13(19)16-17-11-6-2-3-7-12(11)18-16/h2-3,6-7,13H,4-5,8-10H2,1H3,(H,17,18). The molecule has 0 bridgehead atoms. The highest BCUT2D eigenvalue weighted by Gasteiger charge is 2.31. The first-order chi connectivity index (χ1) is 10.7. The lowest BCUT2D eigenvalue weighted by Gasteiger charge is -2.34. The Balaban J connectivity index is 1.85. The molecule has 0 saturated carbocycles. The third-order valence-corrected chi connectivity index (χ3v) is 4.07. The van der Waals surface area contributed by atoms with Crippen LogP contribution >= 0.6 is 0 Å². The van der Waals surface area contributed by atoms with Crippen molar-refractivity contribution in [1.29, 1.82) is 0 Å². The Morgan fingerprint density at radius 3 is 2.95 bits per heavy atom. The van der Waals surface area contributed by atoms with E-state index in [2.05, 4.69) is 14.7 Å². The van der Waals surface area contributed by atoms with Crippen molar-refractivity contribution in [2.75, 3.05) is 13.7 Å². The molecule has 1 atom stereocenters. The van der Waals surface area contributed by atoms with E-state index < -0.39 is 5.97 Å². The number of likely N-dealkylation sites (tertiary alicyclic amines) is 1. The van der Waals surface area contributed by atoms with Crippen LogP contribution in [0.15, 0.2) is 24.3 Å². The molecule has 1 fully saturated rings. The van der Waals surface area contributed by atoms with Crippen molar-refractivity contribution in [3.63, 3.8) is 0 Å². The lowest BCUT2D eigenvalue weighted by molar-refractivity contribution is -0.148. The fourth-order valence-electron chi connectivity index (χ4n) is 2.94. The largest absolute Gasteiger partial charge is 0.469 e. The molecule has 0 aliphatic carbocycles. The number of carbonyl (C=O) groups excluding carboxylic acids is 2. The highest BCUT2D eigenvalue weighted by molar-refractivity contribution is 5.94. The Morgan fingerprint density at radius 1 is 1.36 bits per heavy atom. The number of amides is 1. The molecule has 22 heavy (non-hydrogen) atoms. The maximum absolute atomic E-state index is 12.3. The van der Waals surface area contributed by atoms with Gasteiger partial charge in [0.25, 0.3) is 0 Å². The van der Waals surface area contributed by atoms with E-state index >= 15 is 0 Å². The number of carbonyl (C=O) groups is 2. The number of rotatable bonds is 3. The predicted molar refractivity (Wildman–Crippen MR) is 81.0 cm³/mol. The van der Waals surface area contributed by atoms with Crippen molar-refractivity contribution in [3.8, 4) is 0 Å². The molecule has 1 amide bonds. The van der Waals surface area contributed by atoms with E-state index in [1.165, 1.54) is 7.11 Å². The van der Waals surface area contributed by atoms with Crippen LogP contribution in [0.4, 0.5) is 0 Å². The first-order valence-electron chi connectivity index (χ1n) is 7.50. The Labute approximate surface area is 128 Å². The molecule has 1 aromatic heterocycles. The first-order valence-corrected chi connectivity index (χ1v) is 7.50. The van der Waals surface area contributed by atoms with E-state index in [4.69, 9.17) is 0 Å². The van der Waals surface area contributed by atoms with Crippen molar-refractivity contribution in [1.82, 2.24) is 14.9 Å². The van der Waals surface area contributed by atoms with Crippen molar-refractivity contribution >= 4 is 22.9 Å². The lowest BCUT2D eigenvalue weighted by Crippen LogP contribution is -2.40. The Hall–Kier alpha value is -2.37. The van der Waals surface area contributed by atoms with Crippen LogP contribution < -0.4 is 0 Å². The van der Waals surface area contributed by atoms with Gasteiger partial charge in [-0.15, -0.1) is 0 Å². The number of piperidine rings is 1. The Morgan fingerprint density at radius 2 is 2.18 bits per heavy atom. The zero-order valence-corrected chi connectivity index (χ0v) is 12.5. The van der Waals surface area contributed by atoms with E-state index in [-0.39, 0.29) is 18.4 Å². The van der Waals surface area contributed by atoms with Gasteiger partial charge in [-0.05, 0) is 31.4 Å². The number of hydrogen-bond donors (Lipinski definition) is 1. The van der Waals surface area contributed by atoms with Crippen LogP contribution in [0.2, 0.25) is 0 Å². The second-order valence-electron chi connectivity index (χ2n) is 5.49. The molecular weight excluding hydrogens is 282 g/mol. The van der Waals surface area contributed by atoms with E-state index in [1.54, 1.807) is 4.90 Å². The molecule has 1 aliphatic rings. The van der Waals surface area contributed by atoms with Crippen LogP contribution in [0.5, 0.6) is 0 Å². The summed E-state index contributed by atoms with van der Waals surface area (Å²) >= 11 is 0. The van der Waals surface area contributed by atoms with Crippen LogP contribution in [-0.4, -0.2) is 40.4 Å². The summed E-state index contributed by atoms with van der Waals surface area (Å²) in [5.41, 5.74) is 1.85. The van der Waals surface area contributed by atoms with Crippen molar-refractivity contribution in [2.45, 2.75) is 31.7 Å². The monoisotopic (exact) mass is 301 g/mol. The van der Waals surface area contributed by atoms with Crippen LogP contribution in [0.25, 0.3) is 11.0 Å². The zero-order valence-electron chi connectivity index (χ0n) is 12.5. The molecule has 1 saturated heterocycles. The SMILES string of the molecule is COC(=O)CC(=O)N1CCCCC1c1nc2ccccc2[nH]1. The van der Waals surface area contributed by atoms with Gasteiger partial charge in [-0.3, -0.25) is 9.59 Å². The maximum atomic E-state index is 12.3. The number of aromatic amines is 1. The van der Waals surface area contributed by atoms with Crippen molar-refractivity contribution < 1.29 is 14.3 Å². The van der Waals surface area contributed by atoms with Gasteiger partial charge in [0.15, 0.2) is 0 Å². The molecule has 0 radical (unpaired) electrons. The number of methoxy groups -OCH3 is 1. The summed E-state index contributed by atoms with van der Waals surface area (Å²) in [6, 6.07) is 7.70. The molecule has 1 unspecified atom stereocenters. The van der Waals surface area contributed by atoms with Crippen molar-refractivity contribution in [2.24, 2.45) is 0 Å². The highest BCUT2D eigenvalue weighted by Crippen LogP contribution is 2.30. The molecule has 6 heteroatoms. The minimum atomic E-state index is -0.501. The highest BCUT2D eigenvalue weighted by atomic mass is 16.5. The normalized spacial score (nSPS) is 18.4. The number of ether oxygens (including phenoxy) is 1. The number of hydrogen-bond acceptors (Lipinski definition) is 4. The molecule has 6 nitrogen and oxygen atoms in total. The van der Waals surface area contributed by atoms with Gasteiger partial charge in [0, 0.05) is 6.54 Å². The topological polar surface area (TPSA) is 75.3 Å². The first kappa shape index (κ1) is 14.6. The maximum Gasteiger partial charge on any atom is 0.315 e. The molecule has 1 aromatic carbocycles. The summed E-state index contributed by atoms with van der Waals surface area (Å²) in [7, 11) is 1.29. The Kier molecular flexibility index (Phi) is 4.09. The quantitative estimate of drug-likeness (QED) is 0.696. The summed E-state index contributed by atoms with van der Waals surface area (Å²) in [6.45, 7) is 0.650.